The van der Waals surface area contributed by atoms with Crippen molar-refractivity contribution in [3.63, 3.8) is 0 Å². The number of aryl methyl sites for hydroxylation is 2. The minimum absolute atomic E-state index is 0.628. The number of nitrogen functional groups attached to an aromatic ring is 1. The topological polar surface area (TPSA) is 67.1 Å². The zero-order valence-corrected chi connectivity index (χ0v) is 12.9. The number of nitrogens with zero attached hydrogens (tertiary/aromatic N) is 3. The molecule has 1 fully saturated rings. The molecular weight excluding hydrogens is 270 g/mol. The van der Waals surface area contributed by atoms with E-state index in [1.807, 2.05) is 0 Å². The van der Waals surface area contributed by atoms with Crippen molar-refractivity contribution >= 4 is 33.3 Å². The summed E-state index contributed by atoms with van der Waals surface area (Å²) >= 11 is 1.73. The number of aromatic nitrogens is 2. The zero-order valence-electron chi connectivity index (χ0n) is 12.1. The van der Waals surface area contributed by atoms with E-state index in [-0.39, 0.29) is 0 Å². The van der Waals surface area contributed by atoms with Gasteiger partial charge in [-0.3, -0.25) is 0 Å². The smallest absolute Gasteiger partial charge is 0.228 e. The first-order valence-electron chi connectivity index (χ1n) is 7.22. The molecule has 2 aromatic heterocycles. The zero-order chi connectivity index (χ0) is 14.1. The Labute approximate surface area is 123 Å². The van der Waals surface area contributed by atoms with Gasteiger partial charge in [0, 0.05) is 24.5 Å². The van der Waals surface area contributed by atoms with E-state index in [9.17, 15) is 0 Å². The summed E-state index contributed by atoms with van der Waals surface area (Å²) in [7, 11) is 0. The maximum Gasteiger partial charge on any atom is 0.228 e. The van der Waals surface area contributed by atoms with Gasteiger partial charge in [-0.15, -0.1) is 11.3 Å². The van der Waals surface area contributed by atoms with E-state index in [0.717, 1.165) is 55.2 Å². The van der Waals surface area contributed by atoms with Gasteiger partial charge in [0.25, 0.3) is 0 Å². The monoisotopic (exact) mass is 291 g/mol. The van der Waals surface area contributed by atoms with Crippen LogP contribution in [0.25, 0.3) is 10.2 Å². The van der Waals surface area contributed by atoms with Gasteiger partial charge in [0.2, 0.25) is 5.95 Å². The largest absolute Gasteiger partial charge is 0.383 e. The molecular formula is C14H21N5S. The van der Waals surface area contributed by atoms with Crippen LogP contribution in [0.1, 0.15) is 23.8 Å². The molecule has 3 rings (SSSR count). The summed E-state index contributed by atoms with van der Waals surface area (Å²) in [5, 5.41) is 4.46. The lowest BCUT2D eigenvalue weighted by atomic mass is 10.1. The van der Waals surface area contributed by atoms with Gasteiger partial charge in [0.15, 0.2) is 0 Å². The number of fused-ring (bicyclic) bond motifs is 1. The van der Waals surface area contributed by atoms with Crippen molar-refractivity contribution in [2.45, 2.75) is 26.7 Å². The molecule has 3 heterocycles. The van der Waals surface area contributed by atoms with Gasteiger partial charge < -0.3 is 16.0 Å². The summed E-state index contributed by atoms with van der Waals surface area (Å²) in [6.07, 6.45) is 2.09. The molecule has 0 aromatic carbocycles. The van der Waals surface area contributed by atoms with E-state index in [0.29, 0.717) is 5.82 Å². The summed E-state index contributed by atoms with van der Waals surface area (Å²) in [5.74, 6) is 1.41. The lowest BCUT2D eigenvalue weighted by molar-refractivity contribution is 0.724. The molecule has 20 heavy (non-hydrogen) atoms. The molecule has 5 nitrogen and oxygen atoms in total. The van der Waals surface area contributed by atoms with Crippen LogP contribution in [0.4, 0.5) is 11.8 Å². The molecule has 108 valence electrons. The molecule has 0 radical (unpaired) electrons. The van der Waals surface area contributed by atoms with Crippen molar-refractivity contribution in [3.05, 3.63) is 10.4 Å². The van der Waals surface area contributed by atoms with Crippen LogP contribution in [0.15, 0.2) is 0 Å². The van der Waals surface area contributed by atoms with Crippen LogP contribution in [0.5, 0.6) is 0 Å². The molecule has 2 aromatic rings. The normalized spacial score (nSPS) is 16.6. The fourth-order valence-electron chi connectivity index (χ4n) is 2.80. The molecule has 6 heteroatoms. The predicted molar refractivity (Wildman–Crippen MR) is 85.6 cm³/mol. The van der Waals surface area contributed by atoms with Crippen LogP contribution in [0.2, 0.25) is 0 Å². The molecule has 0 unspecified atom stereocenters. The Morgan fingerprint density at radius 1 is 1.30 bits per heavy atom. The number of hydrogen-bond donors (Lipinski definition) is 2. The lowest BCUT2D eigenvalue weighted by Crippen LogP contribution is -2.29. The third-order valence-electron chi connectivity index (χ3n) is 3.85. The fourth-order valence-corrected chi connectivity index (χ4v) is 3.91. The van der Waals surface area contributed by atoms with E-state index in [1.165, 1.54) is 10.4 Å². The van der Waals surface area contributed by atoms with Crippen LogP contribution in [-0.4, -0.2) is 36.1 Å². The number of hydrogen-bond acceptors (Lipinski definition) is 6. The van der Waals surface area contributed by atoms with Crippen molar-refractivity contribution in [2.24, 2.45) is 0 Å². The first-order chi connectivity index (χ1) is 9.70. The Bertz CT molecular complexity index is 614. The van der Waals surface area contributed by atoms with Crippen molar-refractivity contribution in [1.82, 2.24) is 15.3 Å². The third-order valence-corrected chi connectivity index (χ3v) is 4.89. The van der Waals surface area contributed by atoms with Gasteiger partial charge in [0.05, 0.1) is 5.39 Å². The lowest BCUT2D eigenvalue weighted by Gasteiger charge is -2.20. The maximum atomic E-state index is 6.21. The maximum absolute atomic E-state index is 6.21. The van der Waals surface area contributed by atoms with Gasteiger partial charge >= 0.3 is 0 Å². The highest BCUT2D eigenvalue weighted by atomic mass is 32.1. The summed E-state index contributed by atoms with van der Waals surface area (Å²) in [5.41, 5.74) is 7.50. The van der Waals surface area contributed by atoms with Crippen LogP contribution >= 0.6 is 11.3 Å². The molecule has 0 amide bonds. The minimum Gasteiger partial charge on any atom is -0.383 e. The number of nitrogens with two attached hydrogens (primary N) is 1. The second-order valence-electron chi connectivity index (χ2n) is 5.17. The second-order valence-corrected chi connectivity index (χ2v) is 6.37. The highest BCUT2D eigenvalue weighted by molar-refractivity contribution is 7.18. The third kappa shape index (κ3) is 2.33. The predicted octanol–water partition coefficient (Wildman–Crippen LogP) is 1.94. The van der Waals surface area contributed by atoms with Crippen LogP contribution in [0.3, 0.4) is 0 Å². The SMILES string of the molecule is CCc1c(C)sc2nc(N3CCCNCC3)nc(N)c12. The Morgan fingerprint density at radius 3 is 2.95 bits per heavy atom. The Hall–Kier alpha value is -1.40. The summed E-state index contributed by atoms with van der Waals surface area (Å²) in [6, 6.07) is 0. The summed E-state index contributed by atoms with van der Waals surface area (Å²) in [4.78, 5) is 13.9. The molecule has 0 bridgehead atoms. The van der Waals surface area contributed by atoms with Gasteiger partial charge in [-0.05, 0) is 31.9 Å². The van der Waals surface area contributed by atoms with Crippen molar-refractivity contribution in [1.29, 1.82) is 0 Å². The Balaban J connectivity index is 2.05. The average molecular weight is 291 g/mol. The van der Waals surface area contributed by atoms with E-state index >= 15 is 0 Å². The van der Waals surface area contributed by atoms with E-state index < -0.39 is 0 Å². The van der Waals surface area contributed by atoms with Gasteiger partial charge in [-0.2, -0.15) is 4.98 Å². The van der Waals surface area contributed by atoms with Crippen molar-refractivity contribution < 1.29 is 0 Å². The molecule has 1 saturated heterocycles. The van der Waals surface area contributed by atoms with Crippen molar-refractivity contribution in [3.8, 4) is 0 Å². The minimum atomic E-state index is 0.628. The second kappa shape index (κ2) is 5.54. The number of rotatable bonds is 2. The number of nitrogens with one attached hydrogen (secondary N) is 1. The fraction of sp³-hybridized carbons (Fsp3) is 0.571. The van der Waals surface area contributed by atoms with Crippen LogP contribution in [-0.2, 0) is 6.42 Å². The Morgan fingerprint density at radius 2 is 2.15 bits per heavy atom. The van der Waals surface area contributed by atoms with E-state index in [1.54, 1.807) is 11.3 Å². The first-order valence-corrected chi connectivity index (χ1v) is 8.03. The van der Waals surface area contributed by atoms with Gasteiger partial charge in [0.1, 0.15) is 10.6 Å². The molecule has 1 aliphatic heterocycles. The average Bonchev–Trinajstić information content (AvgIpc) is 2.63. The highest BCUT2D eigenvalue weighted by Gasteiger charge is 2.18. The summed E-state index contributed by atoms with van der Waals surface area (Å²) in [6.45, 7) is 8.26. The van der Waals surface area contributed by atoms with Gasteiger partial charge in [-0.1, -0.05) is 6.92 Å². The molecule has 0 atom stereocenters. The van der Waals surface area contributed by atoms with E-state index in [2.05, 4.69) is 29.0 Å². The summed E-state index contributed by atoms with van der Waals surface area (Å²) < 4.78 is 0. The quantitative estimate of drug-likeness (QED) is 0.885. The Kier molecular flexibility index (Phi) is 3.76. The molecule has 0 saturated carbocycles. The van der Waals surface area contributed by atoms with Crippen LogP contribution in [0, 0.1) is 6.92 Å². The molecule has 0 aliphatic carbocycles. The molecule has 0 spiro atoms. The van der Waals surface area contributed by atoms with E-state index in [4.69, 9.17) is 10.7 Å². The van der Waals surface area contributed by atoms with Gasteiger partial charge in [-0.25, -0.2) is 4.98 Å². The molecule has 1 aliphatic rings. The standard InChI is InChI=1S/C14H21N5S/c1-3-10-9(2)20-13-11(10)12(15)17-14(18-13)19-7-4-5-16-6-8-19/h16H,3-8H2,1-2H3,(H2,15,17,18). The first kappa shape index (κ1) is 13.6. The number of anilines is 2. The highest BCUT2D eigenvalue weighted by Crippen LogP contribution is 2.34. The molecule has 3 N–H and O–H groups in total. The van der Waals surface area contributed by atoms with Crippen LogP contribution < -0.4 is 16.0 Å². The van der Waals surface area contributed by atoms with Crippen molar-refractivity contribution in [2.75, 3.05) is 36.8 Å². The number of thiophene rings is 1.